The molecule has 3 heterocycles. The summed E-state index contributed by atoms with van der Waals surface area (Å²) >= 11 is 0. The maximum Gasteiger partial charge on any atom is 0.201 e. The summed E-state index contributed by atoms with van der Waals surface area (Å²) in [6.07, 6.45) is 4.99. The van der Waals surface area contributed by atoms with Crippen LogP contribution in [0.3, 0.4) is 0 Å². The molecular formula is C14H18N4. The molecular weight excluding hydrogens is 224 g/mol. The highest BCUT2D eigenvalue weighted by Gasteiger charge is 2.35. The highest BCUT2D eigenvalue weighted by molar-refractivity contribution is 5.78. The fourth-order valence-electron chi connectivity index (χ4n) is 3.68. The molecule has 2 fully saturated rings. The van der Waals surface area contributed by atoms with Crippen LogP contribution in [0.1, 0.15) is 31.7 Å². The van der Waals surface area contributed by atoms with Gasteiger partial charge in [0.05, 0.1) is 11.0 Å². The highest BCUT2D eigenvalue weighted by atomic mass is 15.2. The summed E-state index contributed by atoms with van der Waals surface area (Å²) in [5, 5.41) is 3.68. The van der Waals surface area contributed by atoms with Gasteiger partial charge >= 0.3 is 0 Å². The average Bonchev–Trinajstić information content (AvgIpc) is 2.88. The van der Waals surface area contributed by atoms with E-state index in [4.69, 9.17) is 5.73 Å². The minimum absolute atomic E-state index is 0.510. The van der Waals surface area contributed by atoms with Crippen molar-refractivity contribution in [2.24, 2.45) is 0 Å². The standard InChI is InChI=1S/C14H18N4/c15-14-17-12-3-1-2-4-13(12)18(14)11-7-9-5-6-10(8-11)16-9/h1-4,9-11,16H,5-8H2,(H2,15,17). The molecule has 1 aromatic heterocycles. The Morgan fingerprint density at radius 1 is 1.17 bits per heavy atom. The first-order valence-corrected chi connectivity index (χ1v) is 6.80. The zero-order chi connectivity index (χ0) is 12.1. The van der Waals surface area contributed by atoms with Gasteiger partial charge in [0.2, 0.25) is 5.95 Å². The van der Waals surface area contributed by atoms with Crippen molar-refractivity contribution in [3.05, 3.63) is 24.3 Å². The summed E-state index contributed by atoms with van der Waals surface area (Å²) in [7, 11) is 0. The number of nitrogens with one attached hydrogen (secondary N) is 1. The molecule has 4 rings (SSSR count). The van der Waals surface area contributed by atoms with Crippen LogP contribution in [0.25, 0.3) is 11.0 Å². The molecule has 0 spiro atoms. The topological polar surface area (TPSA) is 55.9 Å². The third kappa shape index (κ3) is 1.45. The van der Waals surface area contributed by atoms with E-state index in [0.717, 1.165) is 5.52 Å². The monoisotopic (exact) mass is 242 g/mol. The lowest BCUT2D eigenvalue weighted by Crippen LogP contribution is -2.39. The number of rotatable bonds is 1. The van der Waals surface area contributed by atoms with Crippen molar-refractivity contribution in [1.82, 2.24) is 14.9 Å². The maximum atomic E-state index is 6.13. The van der Waals surface area contributed by atoms with Gasteiger partial charge in [-0.3, -0.25) is 0 Å². The van der Waals surface area contributed by atoms with Gasteiger partial charge < -0.3 is 15.6 Å². The van der Waals surface area contributed by atoms with Crippen LogP contribution in [0.2, 0.25) is 0 Å². The Labute approximate surface area is 106 Å². The summed E-state index contributed by atoms with van der Waals surface area (Å²) in [6, 6.07) is 10.1. The number of nitrogens with two attached hydrogens (primary N) is 1. The van der Waals surface area contributed by atoms with Gasteiger partial charge in [-0.05, 0) is 37.8 Å². The van der Waals surface area contributed by atoms with Crippen LogP contribution < -0.4 is 11.1 Å². The predicted octanol–water partition coefficient (Wildman–Crippen LogP) is 2.07. The predicted molar refractivity (Wildman–Crippen MR) is 72.4 cm³/mol. The van der Waals surface area contributed by atoms with Crippen LogP contribution in [0, 0.1) is 0 Å². The number of anilines is 1. The molecule has 0 saturated carbocycles. The van der Waals surface area contributed by atoms with Gasteiger partial charge in [0, 0.05) is 18.1 Å². The van der Waals surface area contributed by atoms with Crippen molar-refractivity contribution in [3.8, 4) is 0 Å². The Bertz CT molecular complexity index is 576. The molecule has 3 N–H and O–H groups in total. The average molecular weight is 242 g/mol. The SMILES string of the molecule is Nc1nc2ccccc2n1C1CC2CCC(C1)N2. The Balaban J connectivity index is 1.80. The molecule has 2 unspecified atom stereocenters. The van der Waals surface area contributed by atoms with E-state index in [9.17, 15) is 0 Å². The first-order chi connectivity index (χ1) is 8.81. The molecule has 2 atom stereocenters. The fourth-order valence-corrected chi connectivity index (χ4v) is 3.68. The lowest BCUT2D eigenvalue weighted by atomic mass is 9.99. The van der Waals surface area contributed by atoms with E-state index in [1.54, 1.807) is 0 Å². The molecule has 4 heteroatoms. The third-order valence-corrected chi connectivity index (χ3v) is 4.44. The van der Waals surface area contributed by atoms with Gasteiger partial charge in [-0.25, -0.2) is 4.98 Å². The Morgan fingerprint density at radius 3 is 2.67 bits per heavy atom. The van der Waals surface area contributed by atoms with Crippen LogP contribution in [0.15, 0.2) is 24.3 Å². The van der Waals surface area contributed by atoms with Crippen molar-refractivity contribution >= 4 is 17.0 Å². The summed E-state index contributed by atoms with van der Waals surface area (Å²) in [5.74, 6) is 0.669. The molecule has 0 amide bonds. The second-order valence-corrected chi connectivity index (χ2v) is 5.59. The number of benzene rings is 1. The number of piperidine rings is 1. The van der Waals surface area contributed by atoms with Gasteiger partial charge in [0.25, 0.3) is 0 Å². The highest BCUT2D eigenvalue weighted by Crippen LogP contribution is 2.37. The van der Waals surface area contributed by atoms with E-state index in [2.05, 4.69) is 27.0 Å². The van der Waals surface area contributed by atoms with Gasteiger partial charge in [-0.1, -0.05) is 12.1 Å². The number of hydrogen-bond donors (Lipinski definition) is 2. The van der Waals surface area contributed by atoms with Crippen LogP contribution in [-0.4, -0.2) is 21.6 Å². The molecule has 2 bridgehead atoms. The van der Waals surface area contributed by atoms with Crippen LogP contribution in [-0.2, 0) is 0 Å². The first kappa shape index (κ1) is 10.4. The smallest absolute Gasteiger partial charge is 0.201 e. The van der Waals surface area contributed by atoms with Gasteiger partial charge in [-0.2, -0.15) is 0 Å². The van der Waals surface area contributed by atoms with Gasteiger partial charge in [0.15, 0.2) is 0 Å². The van der Waals surface area contributed by atoms with E-state index < -0.39 is 0 Å². The third-order valence-electron chi connectivity index (χ3n) is 4.44. The van der Waals surface area contributed by atoms with Crippen molar-refractivity contribution < 1.29 is 0 Å². The van der Waals surface area contributed by atoms with Crippen LogP contribution in [0.5, 0.6) is 0 Å². The second kappa shape index (κ2) is 3.72. The number of para-hydroxylation sites is 2. The van der Waals surface area contributed by atoms with Crippen molar-refractivity contribution in [2.45, 2.75) is 43.8 Å². The van der Waals surface area contributed by atoms with E-state index in [1.807, 2.05) is 12.1 Å². The van der Waals surface area contributed by atoms with Crippen molar-refractivity contribution in [1.29, 1.82) is 0 Å². The zero-order valence-corrected chi connectivity index (χ0v) is 10.3. The molecule has 2 aliphatic heterocycles. The van der Waals surface area contributed by atoms with Crippen LogP contribution >= 0.6 is 0 Å². The zero-order valence-electron chi connectivity index (χ0n) is 10.3. The molecule has 94 valence electrons. The van der Waals surface area contributed by atoms with E-state index >= 15 is 0 Å². The van der Waals surface area contributed by atoms with E-state index in [1.165, 1.54) is 31.2 Å². The molecule has 0 radical (unpaired) electrons. The Morgan fingerprint density at radius 2 is 1.89 bits per heavy atom. The number of hydrogen-bond acceptors (Lipinski definition) is 3. The lowest BCUT2D eigenvalue weighted by molar-refractivity contribution is 0.305. The summed E-state index contributed by atoms with van der Waals surface area (Å²) < 4.78 is 2.25. The maximum absolute atomic E-state index is 6.13. The summed E-state index contributed by atoms with van der Waals surface area (Å²) in [4.78, 5) is 4.48. The van der Waals surface area contributed by atoms with Crippen LogP contribution in [0.4, 0.5) is 5.95 Å². The summed E-state index contributed by atoms with van der Waals surface area (Å²) in [6.45, 7) is 0. The number of imidazole rings is 1. The molecule has 1 aromatic carbocycles. The van der Waals surface area contributed by atoms with Crippen molar-refractivity contribution in [3.63, 3.8) is 0 Å². The number of fused-ring (bicyclic) bond motifs is 3. The Kier molecular flexibility index (Phi) is 2.14. The Hall–Kier alpha value is -1.55. The number of nitrogens with zero attached hydrogens (tertiary/aromatic N) is 2. The largest absolute Gasteiger partial charge is 0.369 e. The molecule has 2 aromatic rings. The number of nitrogen functional groups attached to an aromatic ring is 1. The van der Waals surface area contributed by atoms with E-state index in [0.29, 0.717) is 24.1 Å². The molecule has 18 heavy (non-hydrogen) atoms. The fraction of sp³-hybridized carbons (Fsp3) is 0.500. The molecule has 2 saturated heterocycles. The normalized spacial score (nSPS) is 31.0. The lowest BCUT2D eigenvalue weighted by Gasteiger charge is -2.30. The molecule has 4 nitrogen and oxygen atoms in total. The minimum Gasteiger partial charge on any atom is -0.369 e. The van der Waals surface area contributed by atoms with Gasteiger partial charge in [0.1, 0.15) is 0 Å². The molecule has 0 aliphatic carbocycles. The van der Waals surface area contributed by atoms with Gasteiger partial charge in [-0.15, -0.1) is 0 Å². The second-order valence-electron chi connectivity index (χ2n) is 5.59. The minimum atomic E-state index is 0.510. The van der Waals surface area contributed by atoms with E-state index in [-0.39, 0.29) is 0 Å². The van der Waals surface area contributed by atoms with Crippen molar-refractivity contribution in [2.75, 3.05) is 5.73 Å². The quantitative estimate of drug-likeness (QED) is 0.805. The molecule has 2 aliphatic rings. The summed E-state index contributed by atoms with van der Waals surface area (Å²) in [5.41, 5.74) is 8.32. The number of aromatic nitrogens is 2. The first-order valence-electron chi connectivity index (χ1n) is 6.80.